The largest absolute Gasteiger partial charge is 0.342 e. The SMILES string of the molecule is CNS(=O)(=O)c1cn(CC(=O)N2CCC[C@@H](C)C2)cc1S(=O)(=O)NC. The molecular formula is C14H24N4O5S2. The molecule has 0 aliphatic carbocycles. The van der Waals surface area contributed by atoms with Gasteiger partial charge in [0.2, 0.25) is 26.0 Å². The highest BCUT2D eigenvalue weighted by Gasteiger charge is 2.28. The first-order chi connectivity index (χ1) is 11.6. The minimum atomic E-state index is -3.99. The Balaban J connectivity index is 2.33. The van der Waals surface area contributed by atoms with Crippen molar-refractivity contribution in [2.45, 2.75) is 36.1 Å². The Hall–Kier alpha value is -1.43. The summed E-state index contributed by atoms with van der Waals surface area (Å²) in [6, 6.07) is 0. The first-order valence-corrected chi connectivity index (χ1v) is 10.9. The Bertz CT molecular complexity index is 793. The second-order valence-corrected chi connectivity index (χ2v) is 9.87. The maximum Gasteiger partial charge on any atom is 0.243 e. The molecule has 1 amide bonds. The van der Waals surface area contributed by atoms with E-state index in [1.807, 2.05) is 0 Å². The first-order valence-electron chi connectivity index (χ1n) is 7.95. The average Bonchev–Trinajstić information content (AvgIpc) is 3.00. The van der Waals surface area contributed by atoms with Gasteiger partial charge in [-0.2, -0.15) is 0 Å². The molecule has 0 aromatic carbocycles. The smallest absolute Gasteiger partial charge is 0.243 e. The summed E-state index contributed by atoms with van der Waals surface area (Å²) in [4.78, 5) is 13.4. The van der Waals surface area contributed by atoms with Gasteiger partial charge in [0, 0.05) is 25.5 Å². The molecule has 25 heavy (non-hydrogen) atoms. The summed E-state index contributed by atoms with van der Waals surface area (Å²) in [6.07, 6.45) is 4.34. The van der Waals surface area contributed by atoms with Crippen LogP contribution in [-0.2, 0) is 31.4 Å². The summed E-state index contributed by atoms with van der Waals surface area (Å²) in [5.74, 6) is 0.256. The van der Waals surface area contributed by atoms with Gasteiger partial charge in [-0.25, -0.2) is 26.3 Å². The molecule has 1 atom stereocenters. The lowest BCUT2D eigenvalue weighted by atomic mass is 10.0. The summed E-state index contributed by atoms with van der Waals surface area (Å²) in [5, 5.41) is 0. The van der Waals surface area contributed by atoms with Crippen molar-refractivity contribution in [1.29, 1.82) is 0 Å². The summed E-state index contributed by atoms with van der Waals surface area (Å²) >= 11 is 0. The highest BCUT2D eigenvalue weighted by Crippen LogP contribution is 2.22. The van der Waals surface area contributed by atoms with Gasteiger partial charge in [-0.1, -0.05) is 6.92 Å². The molecule has 1 aromatic rings. The fourth-order valence-electron chi connectivity index (χ4n) is 2.85. The Morgan fingerprint density at radius 1 is 1.12 bits per heavy atom. The lowest BCUT2D eigenvalue weighted by Gasteiger charge is -2.31. The number of hydrogen-bond acceptors (Lipinski definition) is 5. The van der Waals surface area contributed by atoms with Crippen LogP contribution >= 0.6 is 0 Å². The number of piperidine rings is 1. The van der Waals surface area contributed by atoms with Crippen molar-refractivity contribution in [2.75, 3.05) is 27.2 Å². The molecule has 0 unspecified atom stereocenters. The van der Waals surface area contributed by atoms with E-state index in [-0.39, 0.29) is 22.2 Å². The van der Waals surface area contributed by atoms with E-state index in [9.17, 15) is 21.6 Å². The zero-order valence-corrected chi connectivity index (χ0v) is 16.2. The number of aromatic nitrogens is 1. The minimum Gasteiger partial charge on any atom is -0.342 e. The van der Waals surface area contributed by atoms with Gasteiger partial charge >= 0.3 is 0 Å². The van der Waals surface area contributed by atoms with Gasteiger partial charge < -0.3 is 9.47 Å². The van der Waals surface area contributed by atoms with Crippen molar-refractivity contribution in [1.82, 2.24) is 18.9 Å². The van der Waals surface area contributed by atoms with Gasteiger partial charge in [0.05, 0.1) is 0 Å². The molecule has 0 spiro atoms. The summed E-state index contributed by atoms with van der Waals surface area (Å²) in [6.45, 7) is 3.28. The van der Waals surface area contributed by atoms with Crippen LogP contribution in [0.4, 0.5) is 0 Å². The van der Waals surface area contributed by atoms with E-state index in [2.05, 4.69) is 16.4 Å². The van der Waals surface area contributed by atoms with Gasteiger partial charge in [0.25, 0.3) is 0 Å². The minimum absolute atomic E-state index is 0.113. The highest BCUT2D eigenvalue weighted by atomic mass is 32.2. The van der Waals surface area contributed by atoms with Crippen molar-refractivity contribution in [3.05, 3.63) is 12.4 Å². The standard InChI is InChI=1S/C14H24N4O5S2/c1-11-5-4-6-18(7-11)14(19)10-17-8-12(24(20,21)15-2)13(9-17)25(22,23)16-3/h8-9,11,15-16H,4-7,10H2,1-3H3/t11-/m1/s1. The number of rotatable bonds is 6. The molecule has 0 radical (unpaired) electrons. The topological polar surface area (TPSA) is 118 Å². The third-order valence-electron chi connectivity index (χ3n) is 4.25. The van der Waals surface area contributed by atoms with E-state index >= 15 is 0 Å². The monoisotopic (exact) mass is 392 g/mol. The maximum absolute atomic E-state index is 12.4. The molecule has 1 aromatic heterocycles. The second-order valence-electron chi connectivity index (χ2n) is 6.16. The zero-order valence-electron chi connectivity index (χ0n) is 14.5. The molecular weight excluding hydrogens is 368 g/mol. The summed E-state index contributed by atoms with van der Waals surface area (Å²) < 4.78 is 54.0. The van der Waals surface area contributed by atoms with Crippen molar-refractivity contribution < 1.29 is 21.6 Å². The Labute approximate surface area is 148 Å². The predicted octanol–water partition coefficient (Wildman–Crippen LogP) is -0.437. The van der Waals surface area contributed by atoms with Crippen LogP contribution in [0.1, 0.15) is 19.8 Å². The van der Waals surface area contributed by atoms with Crippen LogP contribution in [0.5, 0.6) is 0 Å². The molecule has 2 rings (SSSR count). The van der Waals surface area contributed by atoms with Crippen molar-refractivity contribution in [2.24, 2.45) is 5.92 Å². The van der Waals surface area contributed by atoms with Crippen molar-refractivity contribution in [3.8, 4) is 0 Å². The number of amides is 1. The van der Waals surface area contributed by atoms with E-state index in [1.165, 1.54) is 31.1 Å². The number of carbonyl (C=O) groups is 1. The van der Waals surface area contributed by atoms with E-state index in [4.69, 9.17) is 0 Å². The second kappa shape index (κ2) is 7.44. The van der Waals surface area contributed by atoms with Crippen LogP contribution in [0.2, 0.25) is 0 Å². The number of hydrogen-bond donors (Lipinski definition) is 2. The molecule has 11 heteroatoms. The van der Waals surface area contributed by atoms with Crippen LogP contribution in [-0.4, -0.2) is 59.4 Å². The average molecular weight is 393 g/mol. The molecule has 0 saturated carbocycles. The fraction of sp³-hybridized carbons (Fsp3) is 0.643. The molecule has 1 aliphatic heterocycles. The fourth-order valence-corrected chi connectivity index (χ4v) is 5.13. The summed E-state index contributed by atoms with van der Waals surface area (Å²) in [5.41, 5.74) is 0. The van der Waals surface area contributed by atoms with Gasteiger partial charge in [-0.15, -0.1) is 0 Å². The third kappa shape index (κ3) is 4.40. The van der Waals surface area contributed by atoms with Crippen molar-refractivity contribution >= 4 is 26.0 Å². The Morgan fingerprint density at radius 3 is 2.08 bits per heavy atom. The number of nitrogens with one attached hydrogen (secondary N) is 2. The molecule has 1 saturated heterocycles. The van der Waals surface area contributed by atoms with E-state index in [1.54, 1.807) is 4.90 Å². The van der Waals surface area contributed by atoms with Gasteiger partial charge in [-0.3, -0.25) is 4.79 Å². The van der Waals surface area contributed by atoms with Gasteiger partial charge in [0.1, 0.15) is 16.3 Å². The van der Waals surface area contributed by atoms with Crippen LogP contribution in [0.25, 0.3) is 0 Å². The van der Waals surface area contributed by atoms with E-state index in [0.29, 0.717) is 19.0 Å². The molecule has 2 N–H and O–H groups in total. The molecule has 2 heterocycles. The molecule has 142 valence electrons. The predicted molar refractivity (Wildman–Crippen MR) is 91.9 cm³/mol. The number of nitrogens with zero attached hydrogens (tertiary/aromatic N) is 2. The third-order valence-corrected chi connectivity index (χ3v) is 7.27. The van der Waals surface area contributed by atoms with Crippen LogP contribution in [0.15, 0.2) is 22.2 Å². The lowest BCUT2D eigenvalue weighted by molar-refractivity contribution is -0.133. The number of sulfonamides is 2. The molecule has 0 bridgehead atoms. The van der Waals surface area contributed by atoms with Gasteiger partial charge in [-0.05, 0) is 32.9 Å². The van der Waals surface area contributed by atoms with E-state index in [0.717, 1.165) is 12.8 Å². The van der Waals surface area contributed by atoms with Crippen LogP contribution < -0.4 is 9.44 Å². The first kappa shape index (κ1) is 19.9. The quantitative estimate of drug-likeness (QED) is 0.681. The normalized spacial score (nSPS) is 19.2. The molecule has 9 nitrogen and oxygen atoms in total. The van der Waals surface area contributed by atoms with Crippen LogP contribution in [0.3, 0.4) is 0 Å². The lowest BCUT2D eigenvalue weighted by Crippen LogP contribution is -2.40. The summed E-state index contributed by atoms with van der Waals surface area (Å²) in [7, 11) is -5.58. The maximum atomic E-state index is 12.4. The number of carbonyl (C=O) groups excluding carboxylic acids is 1. The Kier molecular flexibility index (Phi) is 5.92. The van der Waals surface area contributed by atoms with Crippen LogP contribution in [0, 0.1) is 5.92 Å². The van der Waals surface area contributed by atoms with Gasteiger partial charge in [0.15, 0.2) is 0 Å². The van der Waals surface area contributed by atoms with Crippen molar-refractivity contribution in [3.63, 3.8) is 0 Å². The zero-order chi connectivity index (χ0) is 18.8. The number of likely N-dealkylation sites (tertiary alicyclic amines) is 1. The highest BCUT2D eigenvalue weighted by molar-refractivity contribution is 7.92. The Morgan fingerprint density at radius 2 is 1.64 bits per heavy atom. The van der Waals surface area contributed by atoms with E-state index < -0.39 is 20.0 Å². The molecule has 1 fully saturated rings. The molecule has 1 aliphatic rings.